The van der Waals surface area contributed by atoms with Crippen molar-refractivity contribution >= 4 is 23.9 Å². The molecule has 0 aliphatic heterocycles. The van der Waals surface area contributed by atoms with Crippen LogP contribution in [0.4, 0.5) is 0 Å². The van der Waals surface area contributed by atoms with Gasteiger partial charge in [-0.15, -0.1) is 0 Å². The molecular weight excluding hydrogens is 524 g/mol. The van der Waals surface area contributed by atoms with Crippen molar-refractivity contribution in [1.82, 2.24) is 0 Å². The summed E-state index contributed by atoms with van der Waals surface area (Å²) in [6, 6.07) is 0. The molecule has 4 fully saturated rings. The van der Waals surface area contributed by atoms with Gasteiger partial charge < -0.3 is 18.9 Å². The number of ether oxygens (including phenoxy) is 4. The molecule has 0 saturated heterocycles. The van der Waals surface area contributed by atoms with Gasteiger partial charge in [0.2, 0.25) is 0 Å². The highest BCUT2D eigenvalue weighted by Gasteiger charge is 2.67. The highest BCUT2D eigenvalue weighted by molar-refractivity contribution is 6.33. The van der Waals surface area contributed by atoms with Gasteiger partial charge >= 0.3 is 29.3 Å². The Balaban J connectivity index is 1.66. The summed E-state index contributed by atoms with van der Waals surface area (Å²) in [5.74, 6) is -4.72. The van der Waals surface area contributed by atoms with Crippen LogP contribution in [-0.4, -0.2) is 48.3 Å². The van der Waals surface area contributed by atoms with E-state index in [9.17, 15) is 19.2 Å². The lowest BCUT2D eigenvalue weighted by Crippen LogP contribution is -2.58. The Kier molecular flexibility index (Phi) is 12.8. The lowest BCUT2D eigenvalue weighted by atomic mass is 9.87. The summed E-state index contributed by atoms with van der Waals surface area (Å²) in [7, 11) is 0. The van der Waals surface area contributed by atoms with E-state index in [-0.39, 0.29) is 0 Å². The van der Waals surface area contributed by atoms with Gasteiger partial charge in [0.1, 0.15) is 24.4 Å². The summed E-state index contributed by atoms with van der Waals surface area (Å²) in [6.45, 7) is 0. The van der Waals surface area contributed by atoms with Crippen LogP contribution in [0.15, 0.2) is 0 Å². The third-order valence-corrected chi connectivity index (χ3v) is 9.53. The SMILES string of the molecule is O=C(OC1CCCCCC1)C(C(=O)OC1CCCCCC1)(C(=O)OC1CCCCCC1)C(=O)OC1CCCCCC1. The quantitative estimate of drug-likeness (QED) is 0.131. The topological polar surface area (TPSA) is 105 Å². The molecule has 0 N–H and O–H groups in total. The molecule has 0 amide bonds. The molecule has 8 nitrogen and oxygen atoms in total. The Morgan fingerprint density at radius 3 is 0.659 bits per heavy atom. The van der Waals surface area contributed by atoms with Gasteiger partial charge in [-0.3, -0.25) is 0 Å². The largest absolute Gasteiger partial charge is 0.461 e. The van der Waals surface area contributed by atoms with E-state index in [1.165, 1.54) is 0 Å². The van der Waals surface area contributed by atoms with Crippen LogP contribution in [0.3, 0.4) is 0 Å². The summed E-state index contributed by atoms with van der Waals surface area (Å²) >= 11 is 0. The Morgan fingerprint density at radius 1 is 0.317 bits per heavy atom. The van der Waals surface area contributed by atoms with Crippen molar-refractivity contribution in [1.29, 1.82) is 0 Å². The van der Waals surface area contributed by atoms with Crippen LogP contribution in [0.1, 0.15) is 154 Å². The predicted molar refractivity (Wildman–Crippen MR) is 153 cm³/mol. The second-order valence-electron chi connectivity index (χ2n) is 12.8. The Hall–Kier alpha value is -2.12. The van der Waals surface area contributed by atoms with E-state index in [1.54, 1.807) is 0 Å². The molecule has 0 bridgehead atoms. The first-order valence-corrected chi connectivity index (χ1v) is 16.8. The Bertz CT molecular complexity index is 696. The molecular formula is C33H52O8. The zero-order chi connectivity index (χ0) is 28.9. The molecule has 41 heavy (non-hydrogen) atoms. The molecule has 4 rings (SSSR count). The first-order chi connectivity index (χ1) is 20.0. The number of rotatable bonds is 8. The van der Waals surface area contributed by atoms with Gasteiger partial charge in [0.25, 0.3) is 0 Å². The van der Waals surface area contributed by atoms with Crippen molar-refractivity contribution in [2.75, 3.05) is 0 Å². The maximum absolute atomic E-state index is 14.2. The molecule has 0 unspecified atom stereocenters. The van der Waals surface area contributed by atoms with E-state index in [1.807, 2.05) is 0 Å². The van der Waals surface area contributed by atoms with Crippen LogP contribution in [0.25, 0.3) is 0 Å². The molecule has 4 aliphatic carbocycles. The Labute approximate surface area is 245 Å². The van der Waals surface area contributed by atoms with E-state index in [0.29, 0.717) is 51.4 Å². The van der Waals surface area contributed by atoms with Crippen LogP contribution in [0, 0.1) is 5.41 Å². The molecule has 4 saturated carbocycles. The highest BCUT2D eigenvalue weighted by Crippen LogP contribution is 2.35. The normalized spacial score (nSPS) is 23.2. The molecule has 0 aromatic carbocycles. The maximum Gasteiger partial charge on any atom is 0.355 e. The summed E-state index contributed by atoms with van der Waals surface area (Å²) in [6.07, 6.45) is 18.6. The molecule has 0 aromatic heterocycles. The average molecular weight is 577 g/mol. The fourth-order valence-electron chi connectivity index (χ4n) is 6.90. The van der Waals surface area contributed by atoms with E-state index in [0.717, 1.165) is 103 Å². The maximum atomic E-state index is 14.2. The van der Waals surface area contributed by atoms with Gasteiger partial charge in [0, 0.05) is 0 Å². The Morgan fingerprint density at radius 2 is 0.488 bits per heavy atom. The van der Waals surface area contributed by atoms with Crippen LogP contribution in [0.2, 0.25) is 0 Å². The van der Waals surface area contributed by atoms with E-state index in [4.69, 9.17) is 18.9 Å². The zero-order valence-electron chi connectivity index (χ0n) is 25.0. The van der Waals surface area contributed by atoms with Crippen LogP contribution < -0.4 is 0 Å². The number of carbonyl (C=O) groups is 4. The fourth-order valence-corrected chi connectivity index (χ4v) is 6.90. The number of carbonyl (C=O) groups excluding carboxylic acids is 4. The minimum absolute atomic E-state index is 0.466. The first-order valence-electron chi connectivity index (χ1n) is 16.8. The van der Waals surface area contributed by atoms with E-state index < -0.39 is 53.7 Å². The monoisotopic (exact) mass is 576 g/mol. The van der Waals surface area contributed by atoms with Crippen LogP contribution in [-0.2, 0) is 38.1 Å². The minimum atomic E-state index is -2.92. The van der Waals surface area contributed by atoms with Crippen molar-refractivity contribution in [2.24, 2.45) is 5.41 Å². The molecule has 0 atom stereocenters. The molecule has 0 radical (unpaired) electrons. The van der Waals surface area contributed by atoms with Gasteiger partial charge in [0.15, 0.2) is 0 Å². The van der Waals surface area contributed by atoms with Crippen molar-refractivity contribution in [2.45, 2.75) is 179 Å². The average Bonchev–Trinajstić information content (AvgIpc) is 3.54. The summed E-state index contributed by atoms with van der Waals surface area (Å²) in [4.78, 5) is 56.7. The highest BCUT2D eigenvalue weighted by atomic mass is 16.6. The van der Waals surface area contributed by atoms with Gasteiger partial charge in [-0.2, -0.15) is 0 Å². The first kappa shape index (κ1) is 31.8. The number of hydrogen-bond acceptors (Lipinski definition) is 8. The van der Waals surface area contributed by atoms with Crippen molar-refractivity contribution < 1.29 is 38.1 Å². The lowest BCUT2D eigenvalue weighted by Gasteiger charge is -2.31. The molecule has 8 heteroatoms. The standard InChI is InChI=1S/C33H52O8/c34-29(38-25-17-9-1-2-10-18-25)33(30(35)39-26-19-11-3-4-12-20-26,31(36)40-27-21-13-5-6-14-22-27)32(37)41-28-23-15-7-8-16-24-28/h25-28H,1-24H2. The second-order valence-corrected chi connectivity index (χ2v) is 12.8. The van der Waals surface area contributed by atoms with E-state index >= 15 is 0 Å². The van der Waals surface area contributed by atoms with Crippen LogP contribution >= 0.6 is 0 Å². The van der Waals surface area contributed by atoms with Crippen molar-refractivity contribution in [3.63, 3.8) is 0 Å². The van der Waals surface area contributed by atoms with Crippen LogP contribution in [0.5, 0.6) is 0 Å². The molecule has 0 aromatic rings. The van der Waals surface area contributed by atoms with Gasteiger partial charge in [-0.25, -0.2) is 19.2 Å². The predicted octanol–water partition coefficient (Wildman–Crippen LogP) is 7.04. The minimum Gasteiger partial charge on any atom is -0.461 e. The van der Waals surface area contributed by atoms with E-state index in [2.05, 4.69) is 0 Å². The molecule has 232 valence electrons. The van der Waals surface area contributed by atoms with Gasteiger partial charge in [0.05, 0.1) is 0 Å². The molecule has 0 spiro atoms. The molecule has 4 aliphatic rings. The summed E-state index contributed by atoms with van der Waals surface area (Å²) < 4.78 is 23.6. The second kappa shape index (κ2) is 16.5. The lowest BCUT2D eigenvalue weighted by molar-refractivity contribution is -0.200. The summed E-state index contributed by atoms with van der Waals surface area (Å²) in [5.41, 5.74) is -2.92. The zero-order valence-corrected chi connectivity index (χ0v) is 25.0. The third-order valence-electron chi connectivity index (χ3n) is 9.53. The number of hydrogen-bond donors (Lipinski definition) is 0. The molecule has 0 heterocycles. The van der Waals surface area contributed by atoms with Gasteiger partial charge in [-0.05, 0) is 103 Å². The van der Waals surface area contributed by atoms with Crippen molar-refractivity contribution in [3.8, 4) is 0 Å². The number of esters is 4. The van der Waals surface area contributed by atoms with Crippen molar-refractivity contribution in [3.05, 3.63) is 0 Å². The smallest absolute Gasteiger partial charge is 0.355 e. The summed E-state index contributed by atoms with van der Waals surface area (Å²) in [5, 5.41) is 0. The third kappa shape index (κ3) is 8.93. The fraction of sp³-hybridized carbons (Fsp3) is 0.879. The van der Waals surface area contributed by atoms with Gasteiger partial charge in [-0.1, -0.05) is 51.4 Å².